The first-order valence-electron chi connectivity index (χ1n) is 44.4. The molecule has 3 N–H and O–H groups in total. The Morgan fingerprint density at radius 2 is 0.486 bits per heavy atom. The summed E-state index contributed by atoms with van der Waals surface area (Å²) in [5.41, 5.74) is 0. The third-order valence-electron chi connectivity index (χ3n) is 20.9. The molecule has 0 bridgehead atoms. The number of aliphatic hydroxyl groups is 1. The third-order valence-corrected chi connectivity index (χ3v) is 22.8. The Labute approximate surface area is 645 Å². The zero-order valence-corrected chi connectivity index (χ0v) is 71.0. The van der Waals surface area contributed by atoms with Crippen LogP contribution in [0.2, 0.25) is 0 Å². The second-order valence-electron chi connectivity index (χ2n) is 31.9. The molecule has 0 saturated carbocycles. The highest BCUT2D eigenvalue weighted by molar-refractivity contribution is 7.47. The van der Waals surface area contributed by atoms with Gasteiger partial charge in [-0.25, -0.2) is 9.13 Å². The van der Waals surface area contributed by atoms with Crippen molar-refractivity contribution in [1.82, 2.24) is 0 Å². The summed E-state index contributed by atoms with van der Waals surface area (Å²) in [6.07, 6.45) is 66.7. The first kappa shape index (κ1) is 103. The first-order chi connectivity index (χ1) is 50.8. The number of carbonyl (C=O) groups excluding carboxylic acids is 4. The second kappa shape index (κ2) is 76.1. The van der Waals surface area contributed by atoms with Crippen molar-refractivity contribution >= 4 is 39.5 Å². The summed E-state index contributed by atoms with van der Waals surface area (Å²) < 4.78 is 68.9. The molecular weight excluding hydrogens is 1370 g/mol. The van der Waals surface area contributed by atoms with Gasteiger partial charge >= 0.3 is 39.5 Å². The van der Waals surface area contributed by atoms with Gasteiger partial charge in [0.25, 0.3) is 0 Å². The molecule has 19 heteroatoms. The van der Waals surface area contributed by atoms with Crippen molar-refractivity contribution in [3.05, 3.63) is 0 Å². The fraction of sp³-hybridized carbons (Fsp3) is 0.953. The van der Waals surface area contributed by atoms with Crippen LogP contribution in [-0.4, -0.2) is 96.7 Å². The van der Waals surface area contributed by atoms with E-state index in [1.165, 1.54) is 257 Å². The molecule has 0 amide bonds. The van der Waals surface area contributed by atoms with E-state index in [-0.39, 0.29) is 25.7 Å². The Balaban J connectivity index is 5.22. The third kappa shape index (κ3) is 77.2. The van der Waals surface area contributed by atoms with Crippen LogP contribution < -0.4 is 0 Å². The van der Waals surface area contributed by atoms with Crippen molar-refractivity contribution in [2.75, 3.05) is 39.6 Å². The van der Waals surface area contributed by atoms with Crippen LogP contribution in [-0.2, 0) is 65.4 Å². The molecule has 0 saturated heterocycles. The van der Waals surface area contributed by atoms with Gasteiger partial charge in [-0.3, -0.25) is 37.3 Å². The summed E-state index contributed by atoms with van der Waals surface area (Å²) in [6, 6.07) is 0. The maximum atomic E-state index is 13.1. The predicted octanol–water partition coefficient (Wildman–Crippen LogP) is 26.1. The van der Waals surface area contributed by atoms with Gasteiger partial charge in [-0.1, -0.05) is 402 Å². The largest absolute Gasteiger partial charge is 0.472 e. The molecule has 105 heavy (non-hydrogen) atoms. The van der Waals surface area contributed by atoms with Crippen LogP contribution >= 0.6 is 15.6 Å². The van der Waals surface area contributed by atoms with Crippen LogP contribution in [0.25, 0.3) is 0 Å². The minimum Gasteiger partial charge on any atom is -0.462 e. The van der Waals surface area contributed by atoms with E-state index in [1.54, 1.807) is 0 Å². The van der Waals surface area contributed by atoms with Crippen molar-refractivity contribution in [1.29, 1.82) is 0 Å². The van der Waals surface area contributed by atoms with Crippen molar-refractivity contribution in [3.63, 3.8) is 0 Å². The SMILES string of the molecule is CCCCCCCCCCCCCCCCCCCCCCC(=O)OC[C@H](COP(=O)(O)OC[C@@H](O)COP(=O)(O)OC[C@@H](COC(=O)CCCCCCCCC(C)CC)OC(=O)CCCCCCCCCCCCC(C)CC)OC(=O)CCCCCCCCCCCCCCCCCCCCC(C)C. The molecule has 0 spiro atoms. The van der Waals surface area contributed by atoms with Crippen LogP contribution in [0.1, 0.15) is 453 Å². The van der Waals surface area contributed by atoms with Crippen molar-refractivity contribution in [2.45, 2.75) is 471 Å². The summed E-state index contributed by atoms with van der Waals surface area (Å²) in [4.78, 5) is 73.2. The van der Waals surface area contributed by atoms with Gasteiger partial charge < -0.3 is 33.8 Å². The number of ether oxygens (including phenoxy) is 4. The van der Waals surface area contributed by atoms with E-state index >= 15 is 0 Å². The van der Waals surface area contributed by atoms with Gasteiger partial charge in [0.05, 0.1) is 26.4 Å². The zero-order valence-electron chi connectivity index (χ0n) is 69.2. The monoisotopic (exact) mass is 1540 g/mol. The van der Waals surface area contributed by atoms with Crippen LogP contribution in [0.3, 0.4) is 0 Å². The molecule has 4 unspecified atom stereocenters. The highest BCUT2D eigenvalue weighted by atomic mass is 31.2. The Bertz CT molecular complexity index is 2030. The van der Waals surface area contributed by atoms with Gasteiger partial charge in [-0.2, -0.15) is 0 Å². The summed E-state index contributed by atoms with van der Waals surface area (Å²) in [7, 11) is -9.93. The Hall–Kier alpha value is -1.94. The summed E-state index contributed by atoms with van der Waals surface area (Å²) >= 11 is 0. The normalized spacial score (nSPS) is 14.4. The molecule has 7 atom stereocenters. The minimum atomic E-state index is -4.97. The Morgan fingerprint density at radius 3 is 0.724 bits per heavy atom. The van der Waals surface area contributed by atoms with Gasteiger partial charge in [0.1, 0.15) is 19.3 Å². The van der Waals surface area contributed by atoms with E-state index in [2.05, 4.69) is 48.5 Å². The first-order valence-corrected chi connectivity index (χ1v) is 47.4. The molecule has 0 fully saturated rings. The lowest BCUT2D eigenvalue weighted by Crippen LogP contribution is -2.30. The Kier molecular flexibility index (Phi) is 74.7. The van der Waals surface area contributed by atoms with Gasteiger partial charge in [0.15, 0.2) is 12.2 Å². The average molecular weight is 1540 g/mol. The van der Waals surface area contributed by atoms with E-state index in [0.29, 0.717) is 25.7 Å². The molecule has 0 heterocycles. The lowest BCUT2D eigenvalue weighted by Gasteiger charge is -2.21. The van der Waals surface area contributed by atoms with Crippen molar-refractivity contribution < 1.29 is 80.2 Å². The number of aliphatic hydroxyl groups excluding tert-OH is 1. The molecule has 0 aliphatic heterocycles. The summed E-state index contributed by atoms with van der Waals surface area (Å²) in [5, 5.41) is 10.7. The lowest BCUT2D eigenvalue weighted by molar-refractivity contribution is -0.161. The molecule has 0 aromatic heterocycles. The lowest BCUT2D eigenvalue weighted by atomic mass is 9.99. The van der Waals surface area contributed by atoms with Crippen molar-refractivity contribution in [3.8, 4) is 0 Å². The van der Waals surface area contributed by atoms with Crippen LogP contribution in [0.15, 0.2) is 0 Å². The van der Waals surface area contributed by atoms with E-state index in [1.807, 2.05) is 0 Å². The molecule has 0 aromatic carbocycles. The van der Waals surface area contributed by atoms with E-state index in [4.69, 9.17) is 37.0 Å². The van der Waals surface area contributed by atoms with E-state index in [0.717, 1.165) is 114 Å². The molecule has 0 aliphatic carbocycles. The summed E-state index contributed by atoms with van der Waals surface area (Å²) in [5.74, 6) is 0.247. The number of unbranched alkanes of at least 4 members (excludes halogenated alkanes) is 50. The van der Waals surface area contributed by atoms with Gasteiger partial charge in [0, 0.05) is 25.7 Å². The zero-order chi connectivity index (χ0) is 77.2. The number of phosphoric ester groups is 2. The van der Waals surface area contributed by atoms with Crippen LogP contribution in [0.5, 0.6) is 0 Å². The standard InChI is InChI=1S/C86H168O17P2/c1-8-11-12-13-14-15-16-17-18-19-20-21-25-28-31-34-40-45-53-60-67-83(88)96-73-81(102-85(90)69-62-55-46-41-35-32-29-26-23-22-24-27-30-33-38-43-50-57-64-77(4)5)75-100-104(92,93)98-71-80(87)72-99-105(94,95)101-76-82(74-97-84(89)68-61-54-49-48-52-59-66-79(7)10-3)103-86(91)70-63-56-47-42-37-36-39-44-51-58-65-78(6)9-2/h77-82,87H,8-76H2,1-7H3,(H,92,93)(H,94,95)/t78?,79?,80-,81-,82-/m1/s1. The topological polar surface area (TPSA) is 237 Å². The number of hydrogen-bond acceptors (Lipinski definition) is 15. The second-order valence-corrected chi connectivity index (χ2v) is 34.8. The molecule has 624 valence electrons. The molecular formula is C86H168O17P2. The molecule has 17 nitrogen and oxygen atoms in total. The van der Waals surface area contributed by atoms with Crippen molar-refractivity contribution in [2.24, 2.45) is 17.8 Å². The van der Waals surface area contributed by atoms with Gasteiger partial charge in [-0.15, -0.1) is 0 Å². The molecule has 0 aromatic rings. The minimum absolute atomic E-state index is 0.105. The fourth-order valence-electron chi connectivity index (χ4n) is 13.3. The number of esters is 4. The number of hydrogen-bond donors (Lipinski definition) is 3. The number of carbonyl (C=O) groups is 4. The summed E-state index contributed by atoms with van der Waals surface area (Å²) in [6.45, 7) is 12.0. The molecule has 0 rings (SSSR count). The Morgan fingerprint density at radius 1 is 0.276 bits per heavy atom. The van der Waals surface area contributed by atoms with E-state index in [9.17, 15) is 43.2 Å². The number of phosphoric acid groups is 2. The average Bonchev–Trinajstić information content (AvgIpc) is 0.928. The maximum absolute atomic E-state index is 13.1. The fourth-order valence-corrected chi connectivity index (χ4v) is 14.9. The molecule has 0 aliphatic rings. The van der Waals surface area contributed by atoms with Gasteiger partial charge in [-0.05, 0) is 43.4 Å². The highest BCUT2D eigenvalue weighted by Gasteiger charge is 2.30. The molecule has 0 radical (unpaired) electrons. The highest BCUT2D eigenvalue weighted by Crippen LogP contribution is 2.45. The number of rotatable bonds is 84. The quantitative estimate of drug-likeness (QED) is 0.0222. The maximum Gasteiger partial charge on any atom is 0.472 e. The van der Waals surface area contributed by atoms with Crippen LogP contribution in [0, 0.1) is 17.8 Å². The van der Waals surface area contributed by atoms with Gasteiger partial charge in [0.2, 0.25) is 0 Å². The van der Waals surface area contributed by atoms with E-state index < -0.39 is 97.5 Å². The smallest absolute Gasteiger partial charge is 0.462 e. The van der Waals surface area contributed by atoms with Crippen LogP contribution in [0.4, 0.5) is 0 Å². The predicted molar refractivity (Wildman–Crippen MR) is 432 cm³/mol.